The van der Waals surface area contributed by atoms with E-state index in [4.69, 9.17) is 32.7 Å². The van der Waals surface area contributed by atoms with Crippen LogP contribution >= 0.6 is 23.2 Å². The number of nitro groups is 2. The Morgan fingerprint density at radius 3 is 1.98 bits per heavy atom. The first-order chi connectivity index (χ1) is 21.0. The van der Waals surface area contributed by atoms with E-state index in [2.05, 4.69) is 4.90 Å². The van der Waals surface area contributed by atoms with Crippen molar-refractivity contribution < 1.29 is 28.9 Å². The molecule has 0 amide bonds. The molecule has 0 unspecified atom stereocenters. The summed E-state index contributed by atoms with van der Waals surface area (Å²) in [6, 6.07) is 5.96. The van der Waals surface area contributed by atoms with E-state index in [0.717, 1.165) is 29.6 Å². The van der Waals surface area contributed by atoms with E-state index in [0.29, 0.717) is 42.7 Å². The van der Waals surface area contributed by atoms with Gasteiger partial charge in [-0.2, -0.15) is 0 Å². The van der Waals surface area contributed by atoms with Crippen LogP contribution in [0.5, 0.6) is 11.5 Å². The summed E-state index contributed by atoms with van der Waals surface area (Å²) in [4.78, 5) is 52.1. The summed E-state index contributed by atoms with van der Waals surface area (Å²) in [5, 5.41) is 23.5. The number of carbonyl (C=O) groups is 2. The van der Waals surface area contributed by atoms with Crippen molar-refractivity contribution >= 4 is 46.1 Å². The zero-order valence-electron chi connectivity index (χ0n) is 25.6. The molecule has 2 aliphatic carbocycles. The molecule has 0 saturated carbocycles. The first-order valence-corrected chi connectivity index (χ1v) is 15.2. The van der Waals surface area contributed by atoms with Gasteiger partial charge in [0.05, 0.1) is 27.5 Å². The fourth-order valence-corrected chi connectivity index (χ4v) is 7.22. The molecule has 3 aliphatic rings. The molecule has 2 aromatic rings. The van der Waals surface area contributed by atoms with Gasteiger partial charge in [-0.1, -0.05) is 50.9 Å². The Kier molecular flexibility index (Phi) is 8.58. The standard InChI is InChI=1S/C32H33Cl2N3O8/c1-31(2)13-22-28(24(38)15-31)27(29-23(35(22)8-9-44-5)14-32(3,4)16-25(29)39)19-10-17(33)11-20(34)30(19)45-26-7-6-18(36(40)41)12-21(26)37(42)43/h6-7,10-12,27H,8-9,13-16H2,1-5H3. The molecule has 0 fully saturated rings. The highest BCUT2D eigenvalue weighted by Crippen LogP contribution is 2.57. The van der Waals surface area contributed by atoms with Crippen molar-refractivity contribution in [3.05, 3.63) is 88.7 Å². The Morgan fingerprint density at radius 1 is 0.889 bits per heavy atom. The quantitative estimate of drug-likeness (QED) is 0.204. The second kappa shape index (κ2) is 11.9. The lowest BCUT2D eigenvalue weighted by atomic mass is 9.63. The molecule has 0 aromatic heterocycles. The highest BCUT2D eigenvalue weighted by Gasteiger charge is 2.49. The van der Waals surface area contributed by atoms with Crippen LogP contribution in [0.3, 0.4) is 0 Å². The predicted molar refractivity (Wildman–Crippen MR) is 168 cm³/mol. The van der Waals surface area contributed by atoms with Crippen LogP contribution in [0.1, 0.15) is 64.9 Å². The second-order valence-corrected chi connectivity index (χ2v) is 14.1. The molecular weight excluding hydrogens is 625 g/mol. The molecule has 0 atom stereocenters. The number of nitrogens with zero attached hydrogens (tertiary/aromatic N) is 3. The number of nitro benzene ring substituents is 2. The number of allylic oxidation sites excluding steroid dienone is 4. The van der Waals surface area contributed by atoms with Gasteiger partial charge in [0.15, 0.2) is 17.3 Å². The molecule has 13 heteroatoms. The van der Waals surface area contributed by atoms with E-state index in [1.807, 2.05) is 27.7 Å². The molecule has 0 saturated heterocycles. The number of methoxy groups -OCH3 is 1. The summed E-state index contributed by atoms with van der Waals surface area (Å²) in [5.74, 6) is -1.53. The number of Topliss-reactive ketones (excluding diaryl/α,β-unsaturated/α-hetero) is 2. The van der Waals surface area contributed by atoms with E-state index in [1.165, 1.54) is 6.07 Å². The van der Waals surface area contributed by atoms with Gasteiger partial charge in [-0.15, -0.1) is 0 Å². The average molecular weight is 659 g/mol. The number of benzene rings is 2. The Balaban J connectivity index is 1.79. The van der Waals surface area contributed by atoms with Crippen LogP contribution in [0.4, 0.5) is 11.4 Å². The lowest BCUT2D eigenvalue weighted by Gasteiger charge is -2.49. The van der Waals surface area contributed by atoms with Crippen molar-refractivity contribution in [1.82, 2.24) is 4.90 Å². The molecular formula is C32H33Cl2N3O8. The molecule has 11 nitrogen and oxygen atoms in total. The van der Waals surface area contributed by atoms with E-state index < -0.39 is 27.1 Å². The van der Waals surface area contributed by atoms with Crippen LogP contribution in [0.2, 0.25) is 10.0 Å². The Labute approximate surface area is 270 Å². The monoisotopic (exact) mass is 657 g/mol. The van der Waals surface area contributed by atoms with E-state index in [9.17, 15) is 29.8 Å². The van der Waals surface area contributed by atoms with Crippen molar-refractivity contribution in [2.45, 2.75) is 59.3 Å². The fourth-order valence-electron chi connectivity index (χ4n) is 6.67. The minimum atomic E-state index is -0.913. The Hall–Kier alpha value is -3.80. The van der Waals surface area contributed by atoms with Crippen molar-refractivity contribution in [2.24, 2.45) is 10.8 Å². The van der Waals surface area contributed by atoms with Crippen LogP contribution in [0, 0.1) is 31.1 Å². The average Bonchev–Trinajstić information content (AvgIpc) is 2.91. The summed E-state index contributed by atoms with van der Waals surface area (Å²) in [6.07, 6.45) is 1.58. The number of ketones is 2. The van der Waals surface area contributed by atoms with Crippen molar-refractivity contribution in [2.75, 3.05) is 20.3 Å². The third-order valence-corrected chi connectivity index (χ3v) is 8.95. The van der Waals surface area contributed by atoms with Gasteiger partial charge in [0.1, 0.15) is 0 Å². The molecule has 1 heterocycles. The minimum absolute atomic E-state index is 0.0107. The number of rotatable bonds is 8. The maximum atomic E-state index is 14.1. The Bertz CT molecular complexity index is 1660. The van der Waals surface area contributed by atoms with Crippen molar-refractivity contribution in [3.8, 4) is 11.5 Å². The molecule has 0 radical (unpaired) electrons. The molecule has 1 aliphatic heterocycles. The van der Waals surface area contributed by atoms with Gasteiger partial charge in [0, 0.05) is 71.6 Å². The number of hydrogen-bond acceptors (Lipinski definition) is 9. The van der Waals surface area contributed by atoms with Gasteiger partial charge in [0.25, 0.3) is 5.69 Å². The highest BCUT2D eigenvalue weighted by molar-refractivity contribution is 6.35. The minimum Gasteiger partial charge on any atom is -0.448 e. The van der Waals surface area contributed by atoms with Crippen LogP contribution in [0.15, 0.2) is 52.9 Å². The lowest BCUT2D eigenvalue weighted by molar-refractivity contribution is -0.394. The summed E-state index contributed by atoms with van der Waals surface area (Å²) in [7, 11) is 1.60. The summed E-state index contributed by atoms with van der Waals surface area (Å²) in [6.45, 7) is 8.89. The van der Waals surface area contributed by atoms with Gasteiger partial charge < -0.3 is 14.4 Å². The van der Waals surface area contributed by atoms with E-state index >= 15 is 0 Å². The largest absolute Gasteiger partial charge is 0.448 e. The van der Waals surface area contributed by atoms with Gasteiger partial charge in [-0.25, -0.2) is 0 Å². The zero-order chi connectivity index (χ0) is 33.0. The van der Waals surface area contributed by atoms with Gasteiger partial charge in [-0.05, 0) is 41.9 Å². The topological polar surface area (TPSA) is 142 Å². The second-order valence-electron chi connectivity index (χ2n) is 13.3. The first-order valence-electron chi connectivity index (χ1n) is 14.4. The van der Waals surface area contributed by atoms with Crippen LogP contribution in [0.25, 0.3) is 0 Å². The third-order valence-electron chi connectivity index (χ3n) is 8.45. The Morgan fingerprint density at radius 2 is 1.47 bits per heavy atom. The van der Waals surface area contributed by atoms with Gasteiger partial charge in [0.2, 0.25) is 5.75 Å². The maximum absolute atomic E-state index is 14.1. The normalized spacial score (nSPS) is 19.4. The van der Waals surface area contributed by atoms with Crippen molar-refractivity contribution in [1.29, 1.82) is 0 Å². The zero-order valence-corrected chi connectivity index (χ0v) is 27.1. The molecule has 2 aromatic carbocycles. The number of carbonyl (C=O) groups excluding carboxylic acids is 2. The number of ether oxygens (including phenoxy) is 2. The fraction of sp³-hybridized carbons (Fsp3) is 0.438. The maximum Gasteiger partial charge on any atom is 0.318 e. The number of halogens is 2. The van der Waals surface area contributed by atoms with Gasteiger partial charge >= 0.3 is 5.69 Å². The molecule has 238 valence electrons. The van der Waals surface area contributed by atoms with E-state index in [-0.39, 0.29) is 56.8 Å². The molecule has 0 N–H and O–H groups in total. The smallest absolute Gasteiger partial charge is 0.318 e. The molecule has 5 rings (SSSR count). The highest BCUT2D eigenvalue weighted by atomic mass is 35.5. The SMILES string of the molecule is COCCN1C2=C(C(=O)CC(C)(C)C2)C(c2cc(Cl)cc(Cl)c2Oc2ccc([N+](=O)[O-])cc2[N+](=O)[O-])C2=C1CC(C)(C)CC2=O. The molecule has 0 bridgehead atoms. The first kappa shape index (κ1) is 32.6. The molecule has 45 heavy (non-hydrogen) atoms. The summed E-state index contributed by atoms with van der Waals surface area (Å²) >= 11 is 13.3. The van der Waals surface area contributed by atoms with Crippen LogP contribution in [-0.4, -0.2) is 46.6 Å². The lowest BCUT2D eigenvalue weighted by Crippen LogP contribution is -2.45. The predicted octanol–water partition coefficient (Wildman–Crippen LogP) is 7.93. The number of non-ortho nitro benzene ring substituents is 1. The van der Waals surface area contributed by atoms with Crippen molar-refractivity contribution in [3.63, 3.8) is 0 Å². The van der Waals surface area contributed by atoms with Crippen LogP contribution in [-0.2, 0) is 14.3 Å². The number of hydrogen-bond donors (Lipinski definition) is 0. The van der Waals surface area contributed by atoms with Gasteiger partial charge in [-0.3, -0.25) is 29.8 Å². The molecule has 0 spiro atoms. The van der Waals surface area contributed by atoms with E-state index in [1.54, 1.807) is 13.2 Å². The van der Waals surface area contributed by atoms with Crippen LogP contribution < -0.4 is 4.74 Å². The summed E-state index contributed by atoms with van der Waals surface area (Å²) < 4.78 is 11.6. The third kappa shape index (κ3) is 6.21. The summed E-state index contributed by atoms with van der Waals surface area (Å²) in [5.41, 5.74) is 0.865.